The summed E-state index contributed by atoms with van der Waals surface area (Å²) in [6.45, 7) is 6.89. The molecule has 2 aromatic carbocycles. The van der Waals surface area contributed by atoms with Gasteiger partial charge in [0.1, 0.15) is 5.75 Å². The maximum Gasteiger partial charge on any atom is 0.319 e. The van der Waals surface area contributed by atoms with Crippen molar-refractivity contribution in [2.45, 2.75) is 33.2 Å². The minimum Gasteiger partial charge on any atom is -0.494 e. The third-order valence-corrected chi connectivity index (χ3v) is 4.64. The molecule has 142 valence electrons. The molecule has 0 aliphatic carbocycles. The molecule has 1 heterocycles. The second-order valence-electron chi connectivity index (χ2n) is 6.70. The fourth-order valence-corrected chi connectivity index (χ4v) is 3.29. The van der Waals surface area contributed by atoms with Gasteiger partial charge in [-0.05, 0) is 56.2 Å². The molecule has 1 aliphatic rings. The van der Waals surface area contributed by atoms with Crippen molar-refractivity contribution in [3.8, 4) is 5.75 Å². The van der Waals surface area contributed by atoms with Crippen LogP contribution in [0.4, 0.5) is 16.2 Å². The Balaban J connectivity index is 1.61. The van der Waals surface area contributed by atoms with Crippen LogP contribution in [0.1, 0.15) is 24.5 Å². The summed E-state index contributed by atoms with van der Waals surface area (Å²) in [6.07, 6.45) is 0.285. The molecular weight excluding hydrogens is 342 g/mol. The van der Waals surface area contributed by atoms with Gasteiger partial charge in [-0.1, -0.05) is 18.2 Å². The Morgan fingerprint density at radius 1 is 1.15 bits per heavy atom. The SMILES string of the molecule is CCOc1ccc(N2C[C@H](NC(=O)Nc3c(C)cccc3C)CC2=O)cc1. The Bertz CT molecular complexity index is 813. The first-order valence-corrected chi connectivity index (χ1v) is 9.15. The summed E-state index contributed by atoms with van der Waals surface area (Å²) >= 11 is 0. The van der Waals surface area contributed by atoms with Crippen LogP contribution in [0.5, 0.6) is 5.75 Å². The molecule has 2 aromatic rings. The third kappa shape index (κ3) is 4.39. The summed E-state index contributed by atoms with van der Waals surface area (Å²) in [7, 11) is 0. The van der Waals surface area contributed by atoms with Gasteiger partial charge in [0.15, 0.2) is 0 Å². The van der Waals surface area contributed by atoms with Crippen molar-refractivity contribution < 1.29 is 14.3 Å². The zero-order chi connectivity index (χ0) is 19.4. The standard InChI is InChI=1S/C21H25N3O3/c1-4-27-18-10-8-17(9-11-18)24-13-16(12-19(24)25)22-21(26)23-20-14(2)6-5-7-15(20)3/h5-11,16H,4,12-13H2,1-3H3,(H2,22,23,26)/t16-/m1/s1. The molecule has 0 spiro atoms. The summed E-state index contributed by atoms with van der Waals surface area (Å²) in [6, 6.07) is 12.8. The molecule has 0 radical (unpaired) electrons. The molecule has 2 N–H and O–H groups in total. The van der Waals surface area contributed by atoms with Gasteiger partial charge in [0, 0.05) is 24.3 Å². The van der Waals surface area contributed by atoms with Crippen LogP contribution >= 0.6 is 0 Å². The van der Waals surface area contributed by atoms with Crippen LogP contribution in [-0.2, 0) is 4.79 Å². The lowest BCUT2D eigenvalue weighted by atomic mass is 10.1. The zero-order valence-electron chi connectivity index (χ0n) is 15.9. The van der Waals surface area contributed by atoms with Gasteiger partial charge in [-0.25, -0.2) is 4.79 Å². The summed E-state index contributed by atoms with van der Waals surface area (Å²) < 4.78 is 5.43. The number of aryl methyl sites for hydroxylation is 2. The number of rotatable bonds is 5. The Morgan fingerprint density at radius 3 is 2.44 bits per heavy atom. The largest absolute Gasteiger partial charge is 0.494 e. The van der Waals surface area contributed by atoms with Crippen molar-refractivity contribution in [2.24, 2.45) is 0 Å². The van der Waals surface area contributed by atoms with Crippen LogP contribution in [0.25, 0.3) is 0 Å². The lowest BCUT2D eigenvalue weighted by Crippen LogP contribution is -2.40. The fourth-order valence-electron chi connectivity index (χ4n) is 3.29. The van der Waals surface area contributed by atoms with Crippen molar-refractivity contribution in [3.05, 3.63) is 53.6 Å². The van der Waals surface area contributed by atoms with E-state index in [1.807, 2.05) is 63.2 Å². The summed E-state index contributed by atoms with van der Waals surface area (Å²) in [5.74, 6) is 0.770. The van der Waals surface area contributed by atoms with Crippen molar-refractivity contribution in [3.63, 3.8) is 0 Å². The van der Waals surface area contributed by atoms with E-state index in [4.69, 9.17) is 4.74 Å². The molecule has 0 bridgehead atoms. The Kier molecular flexibility index (Phi) is 5.64. The molecular formula is C21H25N3O3. The van der Waals surface area contributed by atoms with Gasteiger partial charge in [-0.15, -0.1) is 0 Å². The van der Waals surface area contributed by atoms with Gasteiger partial charge in [0.25, 0.3) is 0 Å². The molecule has 1 fully saturated rings. The topological polar surface area (TPSA) is 70.7 Å². The number of amides is 3. The van der Waals surface area contributed by atoms with Crippen molar-refractivity contribution in [2.75, 3.05) is 23.4 Å². The van der Waals surface area contributed by atoms with Crippen LogP contribution in [-0.4, -0.2) is 31.1 Å². The molecule has 1 aliphatic heterocycles. The quantitative estimate of drug-likeness (QED) is 0.848. The molecule has 3 amide bonds. The van der Waals surface area contributed by atoms with Crippen LogP contribution in [0.3, 0.4) is 0 Å². The number of benzene rings is 2. The number of ether oxygens (including phenoxy) is 1. The highest BCUT2D eigenvalue weighted by Crippen LogP contribution is 2.24. The molecule has 0 unspecified atom stereocenters. The first kappa shape index (κ1) is 18.8. The van der Waals surface area contributed by atoms with Crippen LogP contribution in [0.2, 0.25) is 0 Å². The molecule has 1 saturated heterocycles. The summed E-state index contributed by atoms with van der Waals surface area (Å²) in [5, 5.41) is 5.81. The first-order chi connectivity index (χ1) is 13.0. The van der Waals surface area contributed by atoms with Crippen molar-refractivity contribution >= 4 is 23.3 Å². The van der Waals surface area contributed by atoms with Gasteiger partial charge in [0.2, 0.25) is 5.91 Å². The van der Waals surface area contributed by atoms with Gasteiger partial charge in [0.05, 0.1) is 12.6 Å². The number of nitrogens with one attached hydrogen (secondary N) is 2. The van der Waals surface area contributed by atoms with Gasteiger partial charge >= 0.3 is 6.03 Å². The number of hydrogen-bond donors (Lipinski definition) is 2. The second kappa shape index (κ2) is 8.12. The van der Waals surface area contributed by atoms with Crippen LogP contribution < -0.4 is 20.3 Å². The average Bonchev–Trinajstić information content (AvgIpc) is 2.99. The third-order valence-electron chi connectivity index (χ3n) is 4.64. The number of carbonyl (C=O) groups excluding carboxylic acids is 2. The van der Waals surface area contributed by atoms with E-state index in [0.29, 0.717) is 13.2 Å². The highest BCUT2D eigenvalue weighted by Gasteiger charge is 2.31. The van der Waals surface area contributed by atoms with E-state index in [-0.39, 0.29) is 24.4 Å². The molecule has 1 atom stereocenters. The molecule has 3 rings (SSSR count). The summed E-state index contributed by atoms with van der Waals surface area (Å²) in [4.78, 5) is 26.4. The van der Waals surface area contributed by atoms with Crippen LogP contribution in [0.15, 0.2) is 42.5 Å². The van der Waals surface area contributed by atoms with E-state index in [9.17, 15) is 9.59 Å². The number of nitrogens with zero attached hydrogens (tertiary/aromatic N) is 1. The number of hydrogen-bond acceptors (Lipinski definition) is 3. The van der Waals surface area contributed by atoms with E-state index in [1.165, 1.54) is 0 Å². The minimum atomic E-state index is -0.293. The highest BCUT2D eigenvalue weighted by atomic mass is 16.5. The highest BCUT2D eigenvalue weighted by molar-refractivity contribution is 5.98. The van der Waals surface area contributed by atoms with Crippen LogP contribution in [0, 0.1) is 13.8 Å². The number of anilines is 2. The number of para-hydroxylation sites is 1. The molecule has 0 saturated carbocycles. The van der Waals surface area contributed by atoms with Crippen molar-refractivity contribution in [1.82, 2.24) is 5.32 Å². The predicted octanol–water partition coefficient (Wildman–Crippen LogP) is 3.63. The first-order valence-electron chi connectivity index (χ1n) is 9.15. The maximum absolute atomic E-state index is 12.4. The zero-order valence-corrected chi connectivity index (χ0v) is 15.9. The fraction of sp³-hybridized carbons (Fsp3) is 0.333. The van der Waals surface area contributed by atoms with E-state index in [1.54, 1.807) is 4.90 Å². The Hall–Kier alpha value is -3.02. The lowest BCUT2D eigenvalue weighted by molar-refractivity contribution is -0.117. The van der Waals surface area contributed by atoms with Gasteiger partial charge < -0.3 is 20.3 Å². The second-order valence-corrected chi connectivity index (χ2v) is 6.70. The van der Waals surface area contributed by atoms with E-state index < -0.39 is 0 Å². The molecule has 27 heavy (non-hydrogen) atoms. The molecule has 6 heteroatoms. The maximum atomic E-state index is 12.4. The van der Waals surface area contributed by atoms with Crippen molar-refractivity contribution in [1.29, 1.82) is 0 Å². The van der Waals surface area contributed by atoms with Gasteiger partial charge in [-0.3, -0.25) is 4.79 Å². The molecule has 6 nitrogen and oxygen atoms in total. The average molecular weight is 367 g/mol. The summed E-state index contributed by atoms with van der Waals surface area (Å²) in [5.41, 5.74) is 3.62. The Morgan fingerprint density at radius 2 is 1.81 bits per heavy atom. The molecule has 0 aromatic heterocycles. The predicted molar refractivity (Wildman–Crippen MR) is 106 cm³/mol. The normalized spacial score (nSPS) is 16.3. The number of carbonyl (C=O) groups is 2. The smallest absolute Gasteiger partial charge is 0.319 e. The minimum absolute atomic E-state index is 0.00321. The lowest BCUT2D eigenvalue weighted by Gasteiger charge is -2.18. The monoisotopic (exact) mass is 367 g/mol. The van der Waals surface area contributed by atoms with E-state index in [0.717, 1.165) is 28.3 Å². The van der Waals surface area contributed by atoms with Gasteiger partial charge in [-0.2, -0.15) is 0 Å². The van der Waals surface area contributed by atoms with E-state index in [2.05, 4.69) is 10.6 Å². The number of urea groups is 1. The Labute approximate surface area is 159 Å². The van der Waals surface area contributed by atoms with E-state index >= 15 is 0 Å².